The molecule has 0 saturated carbocycles. The topological polar surface area (TPSA) is 68.5 Å². The molecule has 3 aromatic rings. The van der Waals surface area contributed by atoms with Crippen LogP contribution < -0.4 is 5.32 Å². The number of hydrogen-bond acceptors (Lipinski definition) is 4. The predicted molar refractivity (Wildman–Crippen MR) is 98.9 cm³/mol. The fourth-order valence-corrected chi connectivity index (χ4v) is 2.74. The number of esters is 1. The lowest BCUT2D eigenvalue weighted by atomic mass is 10.0. The molecule has 0 unspecified atom stereocenters. The number of hydrogen-bond donors (Lipinski definition) is 1. The lowest BCUT2D eigenvalue weighted by Crippen LogP contribution is -2.32. The molecule has 5 nitrogen and oxygen atoms in total. The maximum atomic E-state index is 12.1. The summed E-state index contributed by atoms with van der Waals surface area (Å²) >= 11 is 0. The van der Waals surface area contributed by atoms with Gasteiger partial charge in [0.1, 0.15) is 5.58 Å². The van der Waals surface area contributed by atoms with Crippen molar-refractivity contribution in [3.63, 3.8) is 0 Å². The Bertz CT molecular complexity index is 878. The number of furan rings is 1. The van der Waals surface area contributed by atoms with Gasteiger partial charge in [0.15, 0.2) is 6.61 Å². The third kappa shape index (κ3) is 4.11. The summed E-state index contributed by atoms with van der Waals surface area (Å²) in [7, 11) is 0. The van der Waals surface area contributed by atoms with Crippen LogP contribution in [0.15, 0.2) is 59.0 Å². The predicted octanol–water partition coefficient (Wildman–Crippen LogP) is 4.17. The van der Waals surface area contributed by atoms with E-state index in [1.165, 1.54) is 0 Å². The van der Waals surface area contributed by atoms with E-state index in [1.54, 1.807) is 12.1 Å². The Morgan fingerprint density at radius 1 is 1.12 bits per heavy atom. The van der Waals surface area contributed by atoms with E-state index in [4.69, 9.17) is 9.15 Å². The molecule has 0 fully saturated rings. The van der Waals surface area contributed by atoms with Crippen LogP contribution in [0, 0.1) is 6.92 Å². The van der Waals surface area contributed by atoms with E-state index in [9.17, 15) is 9.59 Å². The number of amides is 1. The van der Waals surface area contributed by atoms with E-state index in [2.05, 4.69) is 5.32 Å². The fourth-order valence-electron chi connectivity index (χ4n) is 2.74. The second-order valence-electron chi connectivity index (χ2n) is 6.16. The largest absolute Gasteiger partial charge is 0.450 e. The Morgan fingerprint density at radius 2 is 1.85 bits per heavy atom. The van der Waals surface area contributed by atoms with Crippen LogP contribution in [-0.2, 0) is 9.53 Å². The molecule has 1 amide bonds. The molecule has 1 aromatic heterocycles. The maximum Gasteiger partial charge on any atom is 0.374 e. The highest BCUT2D eigenvalue weighted by Crippen LogP contribution is 2.20. The van der Waals surface area contributed by atoms with E-state index in [0.717, 1.165) is 22.9 Å². The number of fused-ring (bicyclic) bond motifs is 1. The summed E-state index contributed by atoms with van der Waals surface area (Å²) in [5.41, 5.74) is 2.79. The number of carbonyl (C=O) groups is 2. The van der Waals surface area contributed by atoms with Gasteiger partial charge >= 0.3 is 5.97 Å². The van der Waals surface area contributed by atoms with E-state index in [1.807, 2.05) is 56.3 Å². The van der Waals surface area contributed by atoms with E-state index in [-0.39, 0.29) is 24.3 Å². The minimum absolute atomic E-state index is 0.0876. The van der Waals surface area contributed by atoms with Gasteiger partial charge in [-0.15, -0.1) is 0 Å². The van der Waals surface area contributed by atoms with Gasteiger partial charge in [0.05, 0.1) is 6.04 Å². The lowest BCUT2D eigenvalue weighted by molar-refractivity contribution is -0.125. The first-order valence-corrected chi connectivity index (χ1v) is 8.58. The number of ether oxygens (including phenoxy) is 1. The summed E-state index contributed by atoms with van der Waals surface area (Å²) in [5.74, 6) is -0.911. The van der Waals surface area contributed by atoms with Gasteiger partial charge in [-0.2, -0.15) is 0 Å². The number of carbonyl (C=O) groups excluding carboxylic acids is 2. The first kappa shape index (κ1) is 17.7. The van der Waals surface area contributed by atoms with Crippen molar-refractivity contribution in [3.05, 3.63) is 71.5 Å². The molecule has 134 valence electrons. The summed E-state index contributed by atoms with van der Waals surface area (Å²) in [5, 5.41) is 3.70. The molecule has 5 heteroatoms. The zero-order chi connectivity index (χ0) is 18.5. The summed E-state index contributed by atoms with van der Waals surface area (Å²) in [6.07, 6.45) is 0.742. The van der Waals surface area contributed by atoms with Crippen molar-refractivity contribution < 1.29 is 18.7 Å². The molecule has 3 rings (SSSR count). The SMILES string of the molecule is CC[C@H](NC(=O)COC(=O)c1cc2ccccc2o1)c1ccc(C)cc1. The number of para-hydroxylation sites is 1. The molecule has 0 bridgehead atoms. The molecule has 1 heterocycles. The second kappa shape index (κ2) is 7.87. The van der Waals surface area contributed by atoms with Crippen LogP contribution in [0.4, 0.5) is 0 Å². The van der Waals surface area contributed by atoms with Crippen molar-refractivity contribution in [1.29, 1.82) is 0 Å². The lowest BCUT2D eigenvalue weighted by Gasteiger charge is -2.17. The van der Waals surface area contributed by atoms with Crippen molar-refractivity contribution in [1.82, 2.24) is 5.32 Å². The molecule has 0 aliphatic heterocycles. The monoisotopic (exact) mass is 351 g/mol. The first-order valence-electron chi connectivity index (χ1n) is 8.58. The van der Waals surface area contributed by atoms with Crippen LogP contribution in [0.1, 0.15) is 41.1 Å². The fraction of sp³-hybridized carbons (Fsp3) is 0.238. The summed E-state index contributed by atoms with van der Waals surface area (Å²) in [4.78, 5) is 24.2. The van der Waals surface area contributed by atoms with Gasteiger partial charge in [0, 0.05) is 5.39 Å². The van der Waals surface area contributed by atoms with Crippen molar-refractivity contribution >= 4 is 22.8 Å². The number of nitrogens with one attached hydrogen (secondary N) is 1. The number of benzene rings is 2. The second-order valence-corrected chi connectivity index (χ2v) is 6.16. The number of aryl methyl sites for hydroxylation is 1. The van der Waals surface area contributed by atoms with Gasteiger partial charge in [-0.1, -0.05) is 55.0 Å². The molecule has 2 aromatic carbocycles. The highest BCUT2D eigenvalue weighted by molar-refractivity contribution is 5.93. The Balaban J connectivity index is 1.57. The highest BCUT2D eigenvalue weighted by atomic mass is 16.5. The summed E-state index contributed by atoms with van der Waals surface area (Å²) < 4.78 is 10.5. The molecular formula is C21H21NO4. The minimum atomic E-state index is -0.653. The Hall–Kier alpha value is -3.08. The normalized spacial score (nSPS) is 11.9. The van der Waals surface area contributed by atoms with Crippen molar-refractivity contribution in [2.24, 2.45) is 0 Å². The summed E-state index contributed by atoms with van der Waals surface area (Å²) in [6.45, 7) is 3.66. The van der Waals surface area contributed by atoms with Crippen molar-refractivity contribution in [2.45, 2.75) is 26.3 Å². The molecule has 0 spiro atoms. The van der Waals surface area contributed by atoms with Gasteiger partial charge in [0.25, 0.3) is 5.91 Å². The van der Waals surface area contributed by atoms with Crippen LogP contribution in [0.5, 0.6) is 0 Å². The Morgan fingerprint density at radius 3 is 2.54 bits per heavy atom. The average molecular weight is 351 g/mol. The standard InChI is InChI=1S/C21H21NO4/c1-3-17(15-10-8-14(2)9-11-15)22-20(23)13-25-21(24)19-12-16-6-4-5-7-18(16)26-19/h4-12,17H,3,13H2,1-2H3,(H,22,23)/t17-/m0/s1. The van der Waals surface area contributed by atoms with Gasteiger partial charge in [-0.3, -0.25) is 4.79 Å². The zero-order valence-electron chi connectivity index (χ0n) is 14.8. The van der Waals surface area contributed by atoms with Crippen LogP contribution >= 0.6 is 0 Å². The minimum Gasteiger partial charge on any atom is -0.450 e. The first-order chi connectivity index (χ1) is 12.6. The number of rotatable bonds is 6. The molecule has 0 aliphatic rings. The van der Waals surface area contributed by atoms with Crippen LogP contribution in [-0.4, -0.2) is 18.5 Å². The van der Waals surface area contributed by atoms with Crippen molar-refractivity contribution in [3.8, 4) is 0 Å². The molecule has 1 N–H and O–H groups in total. The smallest absolute Gasteiger partial charge is 0.374 e. The van der Waals surface area contributed by atoms with Crippen LogP contribution in [0.25, 0.3) is 11.0 Å². The third-order valence-electron chi connectivity index (χ3n) is 4.18. The van der Waals surface area contributed by atoms with Gasteiger partial charge in [-0.05, 0) is 31.0 Å². The van der Waals surface area contributed by atoms with Crippen molar-refractivity contribution in [2.75, 3.05) is 6.61 Å². The average Bonchev–Trinajstić information content (AvgIpc) is 3.09. The Kier molecular flexibility index (Phi) is 5.37. The molecule has 0 aliphatic carbocycles. The quantitative estimate of drug-likeness (QED) is 0.677. The molecule has 1 atom stereocenters. The maximum absolute atomic E-state index is 12.1. The molecule has 0 saturated heterocycles. The van der Waals surface area contributed by atoms with Gasteiger partial charge in [-0.25, -0.2) is 4.79 Å². The summed E-state index contributed by atoms with van der Waals surface area (Å²) in [6, 6.07) is 16.8. The van der Waals surface area contributed by atoms with Gasteiger partial charge < -0.3 is 14.5 Å². The van der Waals surface area contributed by atoms with Crippen LogP contribution in [0.3, 0.4) is 0 Å². The zero-order valence-corrected chi connectivity index (χ0v) is 14.8. The molecule has 26 heavy (non-hydrogen) atoms. The van der Waals surface area contributed by atoms with Crippen LogP contribution in [0.2, 0.25) is 0 Å². The molecular weight excluding hydrogens is 330 g/mol. The molecule has 0 radical (unpaired) electrons. The van der Waals surface area contributed by atoms with E-state index in [0.29, 0.717) is 5.58 Å². The van der Waals surface area contributed by atoms with Gasteiger partial charge in [0.2, 0.25) is 5.76 Å². The van der Waals surface area contributed by atoms with E-state index >= 15 is 0 Å². The highest BCUT2D eigenvalue weighted by Gasteiger charge is 2.17. The Labute approximate surface area is 152 Å². The van der Waals surface area contributed by atoms with E-state index < -0.39 is 5.97 Å². The third-order valence-corrected chi connectivity index (χ3v) is 4.18.